The highest BCUT2D eigenvalue weighted by molar-refractivity contribution is 7.21. The Morgan fingerprint density at radius 3 is 3.23 bits per heavy atom. The van der Waals surface area contributed by atoms with Gasteiger partial charge in [0, 0.05) is 17.5 Å². The molecule has 2 N–H and O–H groups in total. The van der Waals surface area contributed by atoms with Gasteiger partial charge in [-0.2, -0.15) is 0 Å². The van der Waals surface area contributed by atoms with E-state index in [2.05, 4.69) is 0 Å². The Kier molecular flexibility index (Phi) is 3.34. The van der Waals surface area contributed by atoms with Crippen LogP contribution >= 0.6 is 8.43 Å². The molecule has 0 aliphatic carbocycles. The van der Waals surface area contributed by atoms with E-state index in [1.165, 1.54) is 6.26 Å². The van der Waals surface area contributed by atoms with Crippen molar-refractivity contribution in [3.63, 3.8) is 0 Å². The fourth-order valence-corrected chi connectivity index (χ4v) is 1.32. The molecule has 13 heavy (non-hydrogen) atoms. The van der Waals surface area contributed by atoms with E-state index < -0.39 is 5.54 Å². The van der Waals surface area contributed by atoms with E-state index in [1.54, 1.807) is 6.92 Å². The number of hydrogen-bond donors (Lipinski definition) is 1. The van der Waals surface area contributed by atoms with Crippen LogP contribution in [0.4, 0.5) is 0 Å². The lowest BCUT2D eigenvalue weighted by atomic mass is 9.93. The lowest BCUT2D eigenvalue weighted by Crippen LogP contribution is -2.32. The van der Waals surface area contributed by atoms with Crippen LogP contribution < -0.4 is 5.73 Å². The minimum Gasteiger partial charge on any atom is -0.321 e. The summed E-state index contributed by atoms with van der Waals surface area (Å²) < 4.78 is 9.45. The smallest absolute Gasteiger partial charge is 0.148 e. The van der Waals surface area contributed by atoms with E-state index in [0.29, 0.717) is 0 Å². The Morgan fingerprint density at radius 2 is 2.54 bits per heavy atom. The van der Waals surface area contributed by atoms with Gasteiger partial charge in [0.1, 0.15) is 12.5 Å². The quantitative estimate of drug-likeness (QED) is 0.597. The summed E-state index contributed by atoms with van der Waals surface area (Å²) in [5, 5.41) is 0. The number of hydrogen-bond acceptors (Lipinski definition) is 4. The summed E-state index contributed by atoms with van der Waals surface area (Å²) in [6.07, 6.45) is 2.48. The van der Waals surface area contributed by atoms with Crippen LogP contribution in [0.15, 0.2) is 27.1 Å². The van der Waals surface area contributed by atoms with Crippen molar-refractivity contribution >= 4 is 14.7 Å². The highest BCUT2D eigenvalue weighted by Gasteiger charge is 2.20. The van der Waals surface area contributed by atoms with Crippen LogP contribution in [0.25, 0.3) is 0 Å². The molecule has 1 aromatic rings. The van der Waals surface area contributed by atoms with Gasteiger partial charge >= 0.3 is 0 Å². The van der Waals surface area contributed by atoms with Gasteiger partial charge in [-0.05, 0) is 18.8 Å². The first-order valence-corrected chi connectivity index (χ1v) is 4.83. The van der Waals surface area contributed by atoms with E-state index in [9.17, 15) is 4.79 Å². The maximum atomic E-state index is 10.3. The minimum atomic E-state index is -0.684. The molecule has 0 amide bonds. The van der Waals surface area contributed by atoms with Crippen LogP contribution in [-0.4, -0.2) is 6.29 Å². The molecule has 4 nitrogen and oxygen atoms in total. The summed E-state index contributed by atoms with van der Waals surface area (Å²) in [5.74, 6) is 1.81. The van der Waals surface area contributed by atoms with Gasteiger partial charge in [-0.15, -0.1) is 0 Å². The van der Waals surface area contributed by atoms with Crippen LogP contribution in [0.3, 0.4) is 0 Å². The van der Waals surface area contributed by atoms with Crippen molar-refractivity contribution in [1.82, 2.24) is 0 Å². The monoisotopic (exact) mass is 201 g/mol. The lowest BCUT2D eigenvalue weighted by Gasteiger charge is -2.19. The van der Waals surface area contributed by atoms with Gasteiger partial charge < -0.3 is 10.5 Å². The summed E-state index contributed by atoms with van der Waals surface area (Å²) >= 11 is 0. The first-order valence-electron chi connectivity index (χ1n) is 3.84. The Bertz CT molecular complexity index is 290. The normalized spacial score (nSPS) is 15.2. The fraction of sp³-hybridized carbons (Fsp3) is 0.375. The summed E-state index contributed by atoms with van der Waals surface area (Å²) in [6.45, 7) is 1.77. The molecule has 0 bridgehead atoms. The van der Waals surface area contributed by atoms with Crippen molar-refractivity contribution in [1.29, 1.82) is 0 Å². The van der Waals surface area contributed by atoms with Crippen LogP contribution in [0.2, 0.25) is 0 Å². The third-order valence-electron chi connectivity index (χ3n) is 1.77. The molecule has 1 heterocycles. The van der Waals surface area contributed by atoms with Crippen LogP contribution in [0, 0.1) is 0 Å². The maximum Gasteiger partial charge on any atom is 0.148 e. The van der Waals surface area contributed by atoms with E-state index in [0.717, 1.165) is 11.8 Å². The van der Waals surface area contributed by atoms with Crippen molar-refractivity contribution < 1.29 is 13.7 Å². The van der Waals surface area contributed by atoms with E-state index >= 15 is 0 Å². The maximum absolute atomic E-state index is 10.3. The van der Waals surface area contributed by atoms with Gasteiger partial charge in [-0.1, -0.05) is 0 Å². The van der Waals surface area contributed by atoms with Gasteiger partial charge in [0.15, 0.2) is 0 Å². The predicted octanol–water partition coefficient (Wildman–Crippen LogP) is 1.79. The highest BCUT2D eigenvalue weighted by atomic mass is 31.1. The topological polar surface area (TPSA) is 69.4 Å². The minimum absolute atomic E-state index is 0.163. The zero-order valence-corrected chi connectivity index (χ0v) is 8.32. The fourth-order valence-electron chi connectivity index (χ4n) is 0.910. The summed E-state index contributed by atoms with van der Waals surface area (Å²) in [6, 6.07) is 1.81. The zero-order chi connectivity index (χ0) is 9.73. The summed E-state index contributed by atoms with van der Waals surface area (Å²) in [4.78, 5) is 10.3. The molecular weight excluding hydrogens is 189 g/mol. The average Bonchev–Trinajstić information content (AvgIpc) is 2.31. The molecule has 0 spiro atoms. The molecule has 0 saturated carbocycles. The molecule has 2 atom stereocenters. The molecule has 1 aromatic heterocycles. The van der Waals surface area contributed by atoms with Gasteiger partial charge in [-0.25, -0.2) is 0 Å². The molecule has 2 unspecified atom stereocenters. The van der Waals surface area contributed by atoms with Gasteiger partial charge in [0.05, 0.1) is 8.43 Å². The molecule has 5 heteroatoms. The van der Waals surface area contributed by atoms with Crippen LogP contribution in [-0.2, 0) is 10.3 Å². The SMILES string of the molecule is CC(N)(CC=O)c1cc[pH]ooc1. The molecule has 1 rings (SSSR count). The largest absolute Gasteiger partial charge is 0.321 e. The Labute approximate surface area is 77.5 Å². The van der Waals surface area contributed by atoms with Gasteiger partial charge in [0.25, 0.3) is 0 Å². The molecule has 72 valence electrons. The number of carbonyl (C=O) groups excluding carboxylic acids is 1. The van der Waals surface area contributed by atoms with Crippen molar-refractivity contribution in [2.45, 2.75) is 18.9 Å². The van der Waals surface area contributed by atoms with Gasteiger partial charge in [0.2, 0.25) is 0 Å². The highest BCUT2D eigenvalue weighted by Crippen LogP contribution is 2.20. The zero-order valence-electron chi connectivity index (χ0n) is 7.32. The van der Waals surface area contributed by atoms with Crippen LogP contribution in [0.1, 0.15) is 18.9 Å². The molecule has 0 radical (unpaired) electrons. The number of rotatable bonds is 3. The third kappa shape index (κ3) is 2.76. The number of aldehydes is 1. The van der Waals surface area contributed by atoms with E-state index in [1.807, 2.05) is 11.9 Å². The molecule has 0 fully saturated rings. The van der Waals surface area contributed by atoms with E-state index in [4.69, 9.17) is 14.7 Å². The molecular formula is C8H12NO3P. The first kappa shape index (κ1) is 10.1. The standard InChI is InChI=1S/C8H12NO3P/c1-8(9,3-4-10)7-2-5-13-12-11-6-7/h2,4-6,13H,3,9H2,1H3. The van der Waals surface area contributed by atoms with Crippen molar-refractivity contribution in [3.8, 4) is 0 Å². The summed E-state index contributed by atoms with van der Waals surface area (Å²) in [7, 11) is 0.163. The second-order valence-electron chi connectivity index (χ2n) is 2.99. The number of carbonyl (C=O) groups is 1. The Balaban J connectivity index is 3.01. The van der Waals surface area contributed by atoms with Crippen molar-refractivity contribution in [2.75, 3.05) is 0 Å². The molecule has 0 aromatic carbocycles. The molecule has 0 aliphatic heterocycles. The first-order chi connectivity index (χ1) is 6.17. The molecule has 0 aliphatic rings. The predicted molar refractivity (Wildman–Crippen MR) is 50.3 cm³/mol. The second kappa shape index (κ2) is 4.30. The molecule has 0 saturated heterocycles. The van der Waals surface area contributed by atoms with Crippen molar-refractivity contribution in [3.05, 3.63) is 23.7 Å². The third-order valence-corrected chi connectivity index (χ3v) is 2.26. The van der Waals surface area contributed by atoms with Crippen molar-refractivity contribution in [2.24, 2.45) is 5.73 Å². The lowest BCUT2D eigenvalue weighted by molar-refractivity contribution is -0.108. The average molecular weight is 201 g/mol. The number of nitrogens with two attached hydrogens (primary N) is 1. The summed E-state index contributed by atoms with van der Waals surface area (Å²) in [5.41, 5.74) is 5.96. The Morgan fingerprint density at radius 1 is 1.77 bits per heavy atom. The van der Waals surface area contributed by atoms with E-state index in [-0.39, 0.29) is 14.9 Å². The Hall–Kier alpha value is -0.990. The van der Waals surface area contributed by atoms with Crippen LogP contribution in [0.5, 0.6) is 0 Å². The second-order valence-corrected chi connectivity index (χ2v) is 3.73. The van der Waals surface area contributed by atoms with Gasteiger partial charge in [-0.3, -0.25) is 8.93 Å².